The summed E-state index contributed by atoms with van der Waals surface area (Å²) in [6, 6.07) is 3.45. The Bertz CT molecular complexity index is 432. The SMILES string of the molecule is COC(C)(C)CCSc1ccc(C(F)(F)F)cc1N. The molecule has 1 aromatic rings. The molecule has 19 heavy (non-hydrogen) atoms. The lowest BCUT2D eigenvalue weighted by Gasteiger charge is -2.22. The molecule has 0 aromatic heterocycles. The van der Waals surface area contributed by atoms with Crippen molar-refractivity contribution in [2.45, 2.75) is 36.9 Å². The third-order valence-corrected chi connectivity index (χ3v) is 3.94. The van der Waals surface area contributed by atoms with Gasteiger partial charge in [-0.1, -0.05) is 0 Å². The van der Waals surface area contributed by atoms with Crippen LogP contribution in [-0.2, 0) is 10.9 Å². The Labute approximate surface area is 115 Å². The van der Waals surface area contributed by atoms with E-state index in [1.54, 1.807) is 7.11 Å². The molecule has 2 nitrogen and oxygen atoms in total. The average molecular weight is 293 g/mol. The number of methoxy groups -OCH3 is 1. The van der Waals surface area contributed by atoms with Crippen molar-refractivity contribution >= 4 is 17.4 Å². The van der Waals surface area contributed by atoms with E-state index >= 15 is 0 Å². The number of halogens is 3. The summed E-state index contributed by atoms with van der Waals surface area (Å²) >= 11 is 1.44. The lowest BCUT2D eigenvalue weighted by molar-refractivity contribution is -0.137. The van der Waals surface area contributed by atoms with Gasteiger partial charge in [-0.05, 0) is 38.5 Å². The zero-order valence-corrected chi connectivity index (χ0v) is 12.0. The first kappa shape index (κ1) is 16.2. The van der Waals surface area contributed by atoms with Crippen molar-refractivity contribution in [3.05, 3.63) is 23.8 Å². The van der Waals surface area contributed by atoms with Gasteiger partial charge in [0.1, 0.15) is 0 Å². The maximum atomic E-state index is 12.5. The van der Waals surface area contributed by atoms with Crippen LogP contribution in [0.4, 0.5) is 18.9 Å². The highest BCUT2D eigenvalue weighted by molar-refractivity contribution is 7.99. The second-order valence-electron chi connectivity index (χ2n) is 4.81. The summed E-state index contributed by atoms with van der Waals surface area (Å²) in [6.07, 6.45) is -3.57. The Hall–Kier alpha value is -0.880. The van der Waals surface area contributed by atoms with Crippen molar-refractivity contribution in [1.29, 1.82) is 0 Å². The third kappa shape index (κ3) is 4.95. The van der Waals surface area contributed by atoms with Gasteiger partial charge in [-0.25, -0.2) is 0 Å². The molecule has 0 heterocycles. The fraction of sp³-hybridized carbons (Fsp3) is 0.538. The van der Waals surface area contributed by atoms with Crippen LogP contribution in [0.5, 0.6) is 0 Å². The van der Waals surface area contributed by atoms with Gasteiger partial charge in [0.15, 0.2) is 0 Å². The smallest absolute Gasteiger partial charge is 0.398 e. The lowest BCUT2D eigenvalue weighted by atomic mass is 10.1. The molecular weight excluding hydrogens is 275 g/mol. The molecule has 0 aliphatic rings. The summed E-state index contributed by atoms with van der Waals surface area (Å²) in [6.45, 7) is 3.92. The normalized spacial score (nSPS) is 12.7. The fourth-order valence-corrected chi connectivity index (χ4v) is 2.57. The highest BCUT2D eigenvalue weighted by Crippen LogP contribution is 2.34. The number of alkyl halides is 3. The number of anilines is 1. The minimum absolute atomic E-state index is 0.162. The predicted octanol–water partition coefficient (Wildman–Crippen LogP) is 4.19. The average Bonchev–Trinajstić information content (AvgIpc) is 2.30. The van der Waals surface area contributed by atoms with E-state index in [1.807, 2.05) is 13.8 Å². The molecule has 0 atom stereocenters. The summed E-state index contributed by atoms with van der Waals surface area (Å²) in [7, 11) is 1.64. The van der Waals surface area contributed by atoms with Crippen LogP contribution in [0, 0.1) is 0 Å². The molecule has 0 spiro atoms. The maximum absolute atomic E-state index is 12.5. The van der Waals surface area contributed by atoms with Crippen LogP contribution >= 0.6 is 11.8 Å². The molecule has 0 amide bonds. The molecule has 0 saturated heterocycles. The second-order valence-corrected chi connectivity index (χ2v) is 5.95. The van der Waals surface area contributed by atoms with Gasteiger partial charge in [0.05, 0.1) is 11.2 Å². The first-order chi connectivity index (χ1) is 8.65. The van der Waals surface area contributed by atoms with Crippen LogP contribution in [0.15, 0.2) is 23.1 Å². The molecule has 0 bridgehead atoms. The molecule has 0 unspecified atom stereocenters. The molecule has 1 aromatic carbocycles. The molecule has 0 aliphatic carbocycles. The largest absolute Gasteiger partial charge is 0.416 e. The third-order valence-electron chi connectivity index (χ3n) is 2.85. The van der Waals surface area contributed by atoms with Crippen molar-refractivity contribution in [2.24, 2.45) is 0 Å². The van der Waals surface area contributed by atoms with Crippen molar-refractivity contribution in [3.8, 4) is 0 Å². The van der Waals surface area contributed by atoms with Crippen LogP contribution in [0.25, 0.3) is 0 Å². The Morgan fingerprint density at radius 3 is 2.37 bits per heavy atom. The Kier molecular flexibility index (Phi) is 5.15. The van der Waals surface area contributed by atoms with E-state index in [-0.39, 0.29) is 11.3 Å². The molecule has 0 radical (unpaired) electrons. The first-order valence-corrected chi connectivity index (χ1v) is 6.79. The van der Waals surface area contributed by atoms with Crippen LogP contribution in [0.1, 0.15) is 25.8 Å². The van der Waals surface area contributed by atoms with Gasteiger partial charge in [0, 0.05) is 23.4 Å². The van der Waals surface area contributed by atoms with Crippen molar-refractivity contribution in [3.63, 3.8) is 0 Å². The number of hydrogen-bond acceptors (Lipinski definition) is 3. The maximum Gasteiger partial charge on any atom is 0.416 e. The first-order valence-electron chi connectivity index (χ1n) is 5.80. The van der Waals surface area contributed by atoms with E-state index in [2.05, 4.69) is 0 Å². The van der Waals surface area contributed by atoms with Gasteiger partial charge in [0.25, 0.3) is 0 Å². The fourth-order valence-electron chi connectivity index (χ4n) is 1.37. The van der Waals surface area contributed by atoms with Crippen LogP contribution in [0.2, 0.25) is 0 Å². The lowest BCUT2D eigenvalue weighted by Crippen LogP contribution is -2.22. The molecule has 108 valence electrons. The van der Waals surface area contributed by atoms with E-state index in [0.717, 1.165) is 24.3 Å². The van der Waals surface area contributed by atoms with Crippen molar-refractivity contribution < 1.29 is 17.9 Å². The highest BCUT2D eigenvalue weighted by Gasteiger charge is 2.30. The summed E-state index contributed by atoms with van der Waals surface area (Å²) in [5, 5.41) is 0. The Balaban J connectivity index is 2.66. The van der Waals surface area contributed by atoms with E-state index in [1.165, 1.54) is 17.8 Å². The summed E-state index contributed by atoms with van der Waals surface area (Å²) in [5.74, 6) is 0.733. The van der Waals surface area contributed by atoms with Crippen LogP contribution in [-0.4, -0.2) is 18.5 Å². The number of nitrogen functional groups attached to an aromatic ring is 1. The van der Waals surface area contributed by atoms with Gasteiger partial charge in [0.2, 0.25) is 0 Å². The quantitative estimate of drug-likeness (QED) is 0.653. The minimum atomic E-state index is -4.35. The molecule has 6 heteroatoms. The Morgan fingerprint density at radius 2 is 1.89 bits per heavy atom. The number of nitrogens with two attached hydrogens (primary N) is 1. The summed E-state index contributed by atoms with van der Waals surface area (Å²) in [4.78, 5) is 0.667. The molecule has 0 saturated carbocycles. The number of hydrogen-bond donors (Lipinski definition) is 1. The van der Waals surface area contributed by atoms with E-state index < -0.39 is 11.7 Å². The van der Waals surface area contributed by atoms with Crippen LogP contribution < -0.4 is 5.73 Å². The zero-order valence-electron chi connectivity index (χ0n) is 11.2. The number of rotatable bonds is 5. The van der Waals surface area contributed by atoms with Crippen molar-refractivity contribution in [1.82, 2.24) is 0 Å². The molecular formula is C13H18F3NOS. The van der Waals surface area contributed by atoms with Gasteiger partial charge in [-0.2, -0.15) is 13.2 Å². The van der Waals surface area contributed by atoms with Gasteiger partial charge in [-0.3, -0.25) is 0 Å². The molecule has 0 aliphatic heterocycles. The van der Waals surface area contributed by atoms with E-state index in [0.29, 0.717) is 4.90 Å². The van der Waals surface area contributed by atoms with Gasteiger partial charge < -0.3 is 10.5 Å². The minimum Gasteiger partial charge on any atom is -0.398 e. The zero-order chi connectivity index (χ0) is 14.7. The topological polar surface area (TPSA) is 35.2 Å². The Morgan fingerprint density at radius 1 is 1.26 bits per heavy atom. The molecule has 1 rings (SSSR count). The predicted molar refractivity (Wildman–Crippen MR) is 72.3 cm³/mol. The second kappa shape index (κ2) is 6.05. The molecule has 2 N–H and O–H groups in total. The summed E-state index contributed by atoms with van der Waals surface area (Å²) in [5.41, 5.74) is 4.85. The van der Waals surface area contributed by atoms with E-state index in [4.69, 9.17) is 10.5 Å². The van der Waals surface area contributed by atoms with Gasteiger partial charge >= 0.3 is 6.18 Å². The number of ether oxygens (including phenoxy) is 1. The summed E-state index contributed by atoms with van der Waals surface area (Å²) < 4.78 is 42.7. The van der Waals surface area contributed by atoms with Crippen LogP contribution in [0.3, 0.4) is 0 Å². The van der Waals surface area contributed by atoms with Crippen molar-refractivity contribution in [2.75, 3.05) is 18.6 Å². The monoisotopic (exact) mass is 293 g/mol. The highest BCUT2D eigenvalue weighted by atomic mass is 32.2. The number of benzene rings is 1. The van der Waals surface area contributed by atoms with Gasteiger partial charge in [-0.15, -0.1) is 11.8 Å². The molecule has 0 fully saturated rings. The van der Waals surface area contributed by atoms with E-state index in [9.17, 15) is 13.2 Å². The standard InChI is InChI=1S/C13H18F3NOS/c1-12(2,18-3)6-7-19-11-5-4-9(8-10(11)17)13(14,15)16/h4-5,8H,6-7,17H2,1-3H3. The number of thioether (sulfide) groups is 1.